The first-order valence-corrected chi connectivity index (χ1v) is 6.61. The van der Waals surface area contributed by atoms with Gasteiger partial charge in [-0.05, 0) is 43.2 Å². The summed E-state index contributed by atoms with van der Waals surface area (Å²) in [7, 11) is 0. The zero-order chi connectivity index (χ0) is 14.0. The molecule has 0 spiro atoms. The molecule has 0 saturated heterocycles. The molecule has 1 aliphatic rings. The van der Waals surface area contributed by atoms with Gasteiger partial charge in [0.1, 0.15) is 5.60 Å². The van der Waals surface area contributed by atoms with Crippen molar-refractivity contribution in [3.05, 3.63) is 35.4 Å². The number of ketones is 1. The van der Waals surface area contributed by atoms with E-state index in [-0.39, 0.29) is 12.0 Å². The fraction of sp³-hybridized carbons (Fsp3) is 0.533. The van der Waals surface area contributed by atoms with Gasteiger partial charge in [0.05, 0.1) is 0 Å². The number of aliphatic hydroxyl groups is 1. The van der Waals surface area contributed by atoms with E-state index in [9.17, 15) is 18.7 Å². The molecule has 2 nitrogen and oxygen atoms in total. The first-order chi connectivity index (χ1) is 8.92. The van der Waals surface area contributed by atoms with Crippen LogP contribution in [0.3, 0.4) is 0 Å². The summed E-state index contributed by atoms with van der Waals surface area (Å²) in [5.74, 6) is -1.87. The molecule has 0 bridgehead atoms. The van der Waals surface area contributed by atoms with Gasteiger partial charge in [-0.2, -0.15) is 0 Å². The van der Waals surface area contributed by atoms with Gasteiger partial charge in [-0.1, -0.05) is 19.1 Å². The molecule has 0 aliphatic heterocycles. The zero-order valence-electron chi connectivity index (χ0n) is 11.0. The highest BCUT2D eigenvalue weighted by Crippen LogP contribution is 2.33. The van der Waals surface area contributed by atoms with E-state index in [2.05, 4.69) is 6.92 Å². The first kappa shape index (κ1) is 14.1. The average molecular weight is 268 g/mol. The van der Waals surface area contributed by atoms with Gasteiger partial charge in [0, 0.05) is 6.42 Å². The molecule has 1 N–H and O–H groups in total. The second-order valence-corrected chi connectivity index (χ2v) is 5.53. The Morgan fingerprint density at radius 3 is 2.63 bits per heavy atom. The number of halogens is 2. The first-order valence-electron chi connectivity index (χ1n) is 6.61. The van der Waals surface area contributed by atoms with E-state index in [0.717, 1.165) is 18.9 Å². The van der Waals surface area contributed by atoms with E-state index >= 15 is 0 Å². The Morgan fingerprint density at radius 2 is 2.00 bits per heavy atom. The summed E-state index contributed by atoms with van der Waals surface area (Å²) >= 11 is 0. The van der Waals surface area contributed by atoms with Crippen molar-refractivity contribution < 1.29 is 18.7 Å². The van der Waals surface area contributed by atoms with Crippen LogP contribution in [0.15, 0.2) is 18.2 Å². The zero-order valence-corrected chi connectivity index (χ0v) is 11.0. The summed E-state index contributed by atoms with van der Waals surface area (Å²) in [4.78, 5) is 12.1. The van der Waals surface area contributed by atoms with Crippen molar-refractivity contribution in [2.24, 2.45) is 5.92 Å². The van der Waals surface area contributed by atoms with Crippen LogP contribution in [0.5, 0.6) is 0 Å². The molecule has 2 rings (SSSR count). The van der Waals surface area contributed by atoms with Crippen LogP contribution in [0.4, 0.5) is 8.78 Å². The van der Waals surface area contributed by atoms with Crippen LogP contribution in [0.25, 0.3) is 0 Å². The minimum absolute atomic E-state index is 0.0112. The lowest BCUT2D eigenvalue weighted by molar-refractivity contribution is -0.140. The molecule has 1 aliphatic carbocycles. The molecule has 0 atom stereocenters. The minimum Gasteiger partial charge on any atom is -0.382 e. The second kappa shape index (κ2) is 5.37. The molecule has 0 radical (unpaired) electrons. The number of rotatable bonds is 3. The largest absolute Gasteiger partial charge is 0.382 e. The Labute approximate surface area is 111 Å². The van der Waals surface area contributed by atoms with Gasteiger partial charge in [-0.3, -0.25) is 4.79 Å². The lowest BCUT2D eigenvalue weighted by Gasteiger charge is -2.33. The van der Waals surface area contributed by atoms with Crippen LogP contribution in [0, 0.1) is 17.6 Å². The van der Waals surface area contributed by atoms with Crippen molar-refractivity contribution in [2.75, 3.05) is 0 Å². The van der Waals surface area contributed by atoms with Crippen molar-refractivity contribution in [1.29, 1.82) is 0 Å². The third-order valence-electron chi connectivity index (χ3n) is 4.00. The molecular formula is C15H18F2O2. The fourth-order valence-corrected chi connectivity index (χ4v) is 2.54. The Morgan fingerprint density at radius 1 is 1.37 bits per heavy atom. The van der Waals surface area contributed by atoms with Crippen LogP contribution in [0.1, 0.15) is 38.2 Å². The Hall–Kier alpha value is -1.29. The molecule has 19 heavy (non-hydrogen) atoms. The van der Waals surface area contributed by atoms with Crippen molar-refractivity contribution >= 4 is 5.78 Å². The molecule has 0 heterocycles. The van der Waals surface area contributed by atoms with E-state index in [4.69, 9.17) is 0 Å². The number of Topliss-reactive ketones (excluding diaryl/α,β-unsaturated/α-hetero) is 1. The average Bonchev–Trinajstić information content (AvgIpc) is 2.38. The van der Waals surface area contributed by atoms with E-state index in [0.29, 0.717) is 18.8 Å². The summed E-state index contributed by atoms with van der Waals surface area (Å²) in [6.07, 6.45) is 2.13. The quantitative estimate of drug-likeness (QED) is 0.915. The highest BCUT2D eigenvalue weighted by atomic mass is 19.2. The van der Waals surface area contributed by atoms with Crippen LogP contribution in [-0.2, 0) is 11.2 Å². The summed E-state index contributed by atoms with van der Waals surface area (Å²) in [6, 6.07) is 3.76. The van der Waals surface area contributed by atoms with E-state index < -0.39 is 23.0 Å². The van der Waals surface area contributed by atoms with Gasteiger partial charge in [0.15, 0.2) is 17.4 Å². The fourth-order valence-electron chi connectivity index (χ4n) is 2.54. The van der Waals surface area contributed by atoms with Crippen LogP contribution >= 0.6 is 0 Å². The topological polar surface area (TPSA) is 37.3 Å². The molecule has 0 amide bonds. The number of carbonyl (C=O) groups excluding carboxylic acids is 1. The van der Waals surface area contributed by atoms with E-state index in [1.807, 2.05) is 0 Å². The maximum Gasteiger partial charge on any atom is 0.168 e. The number of carbonyl (C=O) groups is 1. The maximum absolute atomic E-state index is 13.5. The molecule has 1 fully saturated rings. The normalized spacial score (nSPS) is 27.3. The van der Waals surface area contributed by atoms with Gasteiger partial charge < -0.3 is 5.11 Å². The van der Waals surface area contributed by atoms with Gasteiger partial charge >= 0.3 is 0 Å². The molecule has 4 heteroatoms. The second-order valence-electron chi connectivity index (χ2n) is 5.53. The SMILES string of the molecule is CC1CCC(O)(C(=O)Cc2cccc(F)c2F)CC1. The van der Waals surface area contributed by atoms with Crippen molar-refractivity contribution in [2.45, 2.75) is 44.6 Å². The molecule has 1 aromatic carbocycles. The minimum atomic E-state index is -1.37. The summed E-state index contributed by atoms with van der Waals surface area (Å²) in [5.41, 5.74) is -1.36. The van der Waals surface area contributed by atoms with Crippen LogP contribution < -0.4 is 0 Å². The smallest absolute Gasteiger partial charge is 0.168 e. The number of hydrogen-bond donors (Lipinski definition) is 1. The lowest BCUT2D eigenvalue weighted by Crippen LogP contribution is -2.42. The summed E-state index contributed by atoms with van der Waals surface area (Å²) in [6.45, 7) is 2.08. The monoisotopic (exact) mass is 268 g/mol. The summed E-state index contributed by atoms with van der Waals surface area (Å²) in [5, 5.41) is 10.3. The van der Waals surface area contributed by atoms with Crippen molar-refractivity contribution in [1.82, 2.24) is 0 Å². The predicted molar refractivity (Wildman–Crippen MR) is 67.7 cm³/mol. The molecule has 0 aromatic heterocycles. The maximum atomic E-state index is 13.5. The lowest BCUT2D eigenvalue weighted by atomic mass is 9.76. The van der Waals surface area contributed by atoms with Gasteiger partial charge in [0.2, 0.25) is 0 Å². The number of benzene rings is 1. The van der Waals surface area contributed by atoms with Gasteiger partial charge in [-0.25, -0.2) is 8.78 Å². The highest BCUT2D eigenvalue weighted by molar-refractivity contribution is 5.89. The van der Waals surface area contributed by atoms with Crippen molar-refractivity contribution in [3.8, 4) is 0 Å². The van der Waals surface area contributed by atoms with Gasteiger partial charge in [0.25, 0.3) is 0 Å². The standard InChI is InChI=1S/C15H18F2O2/c1-10-5-7-15(19,8-6-10)13(18)9-11-3-2-4-12(16)14(11)17/h2-4,10,19H,5-9H2,1H3. The van der Waals surface area contributed by atoms with Crippen LogP contribution in [0.2, 0.25) is 0 Å². The third kappa shape index (κ3) is 3.00. The van der Waals surface area contributed by atoms with Crippen LogP contribution in [-0.4, -0.2) is 16.5 Å². The molecule has 1 aromatic rings. The molecule has 1 saturated carbocycles. The van der Waals surface area contributed by atoms with Crippen molar-refractivity contribution in [3.63, 3.8) is 0 Å². The summed E-state index contributed by atoms with van der Waals surface area (Å²) < 4.78 is 26.6. The molecule has 0 unspecified atom stereocenters. The van der Waals surface area contributed by atoms with E-state index in [1.165, 1.54) is 12.1 Å². The predicted octanol–water partition coefficient (Wildman–Crippen LogP) is 3.02. The Kier molecular flexibility index (Phi) is 3.99. The van der Waals surface area contributed by atoms with E-state index in [1.54, 1.807) is 0 Å². The molecule has 104 valence electrons. The third-order valence-corrected chi connectivity index (χ3v) is 4.00. The Bertz CT molecular complexity index is 477. The molecular weight excluding hydrogens is 250 g/mol. The number of hydrogen-bond acceptors (Lipinski definition) is 2. The van der Waals surface area contributed by atoms with Gasteiger partial charge in [-0.15, -0.1) is 0 Å². The Balaban J connectivity index is 2.10. The highest BCUT2D eigenvalue weighted by Gasteiger charge is 2.38.